The summed E-state index contributed by atoms with van der Waals surface area (Å²) < 4.78 is 4.51. The summed E-state index contributed by atoms with van der Waals surface area (Å²) in [7, 11) is 1.28. The highest BCUT2D eigenvalue weighted by Crippen LogP contribution is 2.19. The highest BCUT2D eigenvalue weighted by Gasteiger charge is 2.31. The molecule has 88 valence electrons. The van der Waals surface area contributed by atoms with Crippen LogP contribution < -0.4 is 11.1 Å². The third-order valence-corrected chi connectivity index (χ3v) is 2.68. The van der Waals surface area contributed by atoms with Crippen LogP contribution in [-0.2, 0) is 14.3 Å². The molecule has 0 saturated heterocycles. The van der Waals surface area contributed by atoms with Gasteiger partial charge in [-0.05, 0) is 20.3 Å². The fourth-order valence-corrected chi connectivity index (χ4v) is 1.00. The zero-order chi connectivity index (χ0) is 12.1. The molecule has 0 spiro atoms. The average molecular weight is 216 g/mol. The van der Waals surface area contributed by atoms with Crippen LogP contribution in [-0.4, -0.2) is 31.6 Å². The molecule has 2 atom stereocenters. The molecule has 15 heavy (non-hydrogen) atoms. The van der Waals surface area contributed by atoms with Crippen LogP contribution in [0.1, 0.15) is 27.2 Å². The summed E-state index contributed by atoms with van der Waals surface area (Å²) >= 11 is 0. The van der Waals surface area contributed by atoms with Gasteiger partial charge in [-0.2, -0.15) is 0 Å². The van der Waals surface area contributed by atoms with Crippen molar-refractivity contribution in [1.29, 1.82) is 0 Å². The van der Waals surface area contributed by atoms with E-state index in [9.17, 15) is 9.59 Å². The SMILES string of the molecule is CCC(C)(CN)C(=O)NC(C)C(=O)OC. The fourth-order valence-electron chi connectivity index (χ4n) is 1.00. The maximum Gasteiger partial charge on any atom is 0.328 e. The van der Waals surface area contributed by atoms with E-state index in [1.54, 1.807) is 13.8 Å². The summed E-state index contributed by atoms with van der Waals surface area (Å²) in [5.41, 5.74) is 4.90. The molecule has 0 aromatic heterocycles. The largest absolute Gasteiger partial charge is 0.467 e. The van der Waals surface area contributed by atoms with E-state index < -0.39 is 17.4 Å². The molecule has 0 bridgehead atoms. The predicted molar refractivity (Wildman–Crippen MR) is 57.1 cm³/mol. The quantitative estimate of drug-likeness (QED) is 0.636. The van der Waals surface area contributed by atoms with Crippen LogP contribution in [0.5, 0.6) is 0 Å². The number of nitrogens with one attached hydrogen (secondary N) is 1. The smallest absolute Gasteiger partial charge is 0.328 e. The van der Waals surface area contributed by atoms with Gasteiger partial charge in [0.15, 0.2) is 0 Å². The number of ether oxygens (including phenoxy) is 1. The Kier molecular flexibility index (Phi) is 5.28. The van der Waals surface area contributed by atoms with Crippen LogP contribution in [0, 0.1) is 5.41 Å². The Hall–Kier alpha value is -1.10. The van der Waals surface area contributed by atoms with E-state index in [-0.39, 0.29) is 12.5 Å². The lowest BCUT2D eigenvalue weighted by Crippen LogP contribution is -2.49. The van der Waals surface area contributed by atoms with Gasteiger partial charge in [0, 0.05) is 6.54 Å². The summed E-state index contributed by atoms with van der Waals surface area (Å²) in [5, 5.41) is 2.58. The minimum Gasteiger partial charge on any atom is -0.467 e. The second-order valence-electron chi connectivity index (χ2n) is 3.84. The molecule has 0 aromatic rings. The van der Waals surface area contributed by atoms with Crippen LogP contribution in [0.4, 0.5) is 0 Å². The molecule has 3 N–H and O–H groups in total. The first-order valence-electron chi connectivity index (χ1n) is 5.00. The number of hydrogen-bond donors (Lipinski definition) is 2. The van der Waals surface area contributed by atoms with Crippen molar-refractivity contribution in [3.05, 3.63) is 0 Å². The second kappa shape index (κ2) is 5.70. The van der Waals surface area contributed by atoms with Gasteiger partial charge in [-0.1, -0.05) is 6.92 Å². The molecule has 0 aliphatic carbocycles. The van der Waals surface area contributed by atoms with Crippen LogP contribution >= 0.6 is 0 Å². The number of esters is 1. The maximum atomic E-state index is 11.8. The normalized spacial score (nSPS) is 16.3. The Labute approximate surface area is 90.4 Å². The van der Waals surface area contributed by atoms with Gasteiger partial charge in [0.05, 0.1) is 12.5 Å². The average Bonchev–Trinajstić information content (AvgIpc) is 2.26. The monoisotopic (exact) mass is 216 g/mol. The second-order valence-corrected chi connectivity index (χ2v) is 3.84. The first-order valence-corrected chi connectivity index (χ1v) is 5.00. The van der Waals surface area contributed by atoms with Crippen LogP contribution in [0.15, 0.2) is 0 Å². The summed E-state index contributed by atoms with van der Waals surface area (Å²) in [6.45, 7) is 5.49. The summed E-state index contributed by atoms with van der Waals surface area (Å²) in [4.78, 5) is 22.8. The molecule has 1 amide bonds. The molecular weight excluding hydrogens is 196 g/mol. The molecule has 0 fully saturated rings. The van der Waals surface area contributed by atoms with Gasteiger partial charge in [-0.3, -0.25) is 4.79 Å². The number of nitrogens with two attached hydrogens (primary N) is 1. The van der Waals surface area contributed by atoms with Gasteiger partial charge >= 0.3 is 5.97 Å². The van der Waals surface area contributed by atoms with Crippen molar-refractivity contribution in [2.24, 2.45) is 11.1 Å². The van der Waals surface area contributed by atoms with Gasteiger partial charge < -0.3 is 15.8 Å². The summed E-state index contributed by atoms with van der Waals surface area (Å²) in [6.07, 6.45) is 0.628. The van der Waals surface area contributed by atoms with Crippen molar-refractivity contribution in [2.75, 3.05) is 13.7 Å². The van der Waals surface area contributed by atoms with E-state index in [1.165, 1.54) is 7.11 Å². The van der Waals surface area contributed by atoms with Gasteiger partial charge in [0.2, 0.25) is 5.91 Å². The van der Waals surface area contributed by atoms with Crippen molar-refractivity contribution in [3.63, 3.8) is 0 Å². The maximum absolute atomic E-state index is 11.8. The molecule has 2 unspecified atom stereocenters. The Morgan fingerprint density at radius 1 is 1.53 bits per heavy atom. The molecule has 5 nitrogen and oxygen atoms in total. The molecule has 0 saturated carbocycles. The lowest BCUT2D eigenvalue weighted by Gasteiger charge is -2.26. The Bertz CT molecular complexity index is 237. The highest BCUT2D eigenvalue weighted by molar-refractivity contribution is 5.87. The number of carbonyl (C=O) groups is 2. The lowest BCUT2D eigenvalue weighted by molar-refractivity contribution is -0.145. The lowest BCUT2D eigenvalue weighted by atomic mass is 9.86. The molecule has 0 rings (SSSR count). The zero-order valence-electron chi connectivity index (χ0n) is 9.79. The van der Waals surface area contributed by atoms with Gasteiger partial charge in [0.25, 0.3) is 0 Å². The number of amides is 1. The van der Waals surface area contributed by atoms with Crippen molar-refractivity contribution in [1.82, 2.24) is 5.32 Å². The zero-order valence-corrected chi connectivity index (χ0v) is 9.79. The van der Waals surface area contributed by atoms with Crippen molar-refractivity contribution in [3.8, 4) is 0 Å². The Morgan fingerprint density at radius 2 is 2.07 bits per heavy atom. The highest BCUT2D eigenvalue weighted by atomic mass is 16.5. The standard InChI is InChI=1S/C10H20N2O3/c1-5-10(3,6-11)9(14)12-7(2)8(13)15-4/h7H,5-6,11H2,1-4H3,(H,12,14). The third kappa shape index (κ3) is 3.51. The van der Waals surface area contributed by atoms with Crippen LogP contribution in [0.2, 0.25) is 0 Å². The topological polar surface area (TPSA) is 81.4 Å². The Morgan fingerprint density at radius 3 is 2.40 bits per heavy atom. The fraction of sp³-hybridized carbons (Fsp3) is 0.800. The number of methoxy groups -OCH3 is 1. The number of hydrogen-bond acceptors (Lipinski definition) is 4. The Balaban J connectivity index is 4.42. The van der Waals surface area contributed by atoms with Crippen LogP contribution in [0.25, 0.3) is 0 Å². The van der Waals surface area contributed by atoms with E-state index in [1.807, 2.05) is 6.92 Å². The van der Waals surface area contributed by atoms with Gasteiger partial charge in [-0.25, -0.2) is 4.79 Å². The van der Waals surface area contributed by atoms with E-state index in [0.29, 0.717) is 6.42 Å². The minimum atomic E-state index is -0.639. The molecule has 0 radical (unpaired) electrons. The first kappa shape index (κ1) is 13.9. The molecular formula is C10H20N2O3. The van der Waals surface area contributed by atoms with E-state index in [0.717, 1.165) is 0 Å². The molecule has 0 aliphatic heterocycles. The van der Waals surface area contributed by atoms with Crippen molar-refractivity contribution < 1.29 is 14.3 Å². The number of rotatable bonds is 5. The van der Waals surface area contributed by atoms with E-state index in [4.69, 9.17) is 5.73 Å². The minimum absolute atomic E-state index is 0.217. The summed E-state index contributed by atoms with van der Waals surface area (Å²) in [5.74, 6) is -0.677. The molecule has 0 aliphatic rings. The van der Waals surface area contributed by atoms with Crippen molar-refractivity contribution in [2.45, 2.75) is 33.2 Å². The summed E-state index contributed by atoms with van der Waals surface area (Å²) in [6, 6.07) is -0.639. The molecule has 0 aromatic carbocycles. The third-order valence-electron chi connectivity index (χ3n) is 2.68. The van der Waals surface area contributed by atoms with E-state index >= 15 is 0 Å². The van der Waals surface area contributed by atoms with Gasteiger partial charge in [-0.15, -0.1) is 0 Å². The van der Waals surface area contributed by atoms with Crippen LogP contribution in [0.3, 0.4) is 0 Å². The predicted octanol–water partition coefficient (Wildman–Crippen LogP) is 0.0391. The molecule has 0 heterocycles. The molecule has 5 heteroatoms. The number of carbonyl (C=O) groups excluding carboxylic acids is 2. The first-order chi connectivity index (χ1) is 6.91. The van der Waals surface area contributed by atoms with E-state index in [2.05, 4.69) is 10.1 Å². The van der Waals surface area contributed by atoms with Gasteiger partial charge in [0.1, 0.15) is 6.04 Å². The van der Waals surface area contributed by atoms with Crippen molar-refractivity contribution >= 4 is 11.9 Å².